The fourth-order valence-corrected chi connectivity index (χ4v) is 7.05. The first-order valence-corrected chi connectivity index (χ1v) is 10.3. The molecule has 2 aromatic rings. The van der Waals surface area contributed by atoms with Crippen molar-refractivity contribution in [2.75, 3.05) is 11.5 Å². The lowest BCUT2D eigenvalue weighted by molar-refractivity contribution is 0.490. The van der Waals surface area contributed by atoms with Gasteiger partial charge in [0.2, 0.25) is 0 Å². The molecule has 2 heterocycles. The van der Waals surface area contributed by atoms with E-state index in [1.807, 2.05) is 6.07 Å². The third-order valence-electron chi connectivity index (χ3n) is 3.84. The molecular weight excluding hydrogens is 318 g/mol. The Bertz CT molecular complexity index is 553. The number of fused-ring (bicyclic) bond motifs is 1. The Morgan fingerprint density at radius 3 is 2.90 bits per heavy atom. The van der Waals surface area contributed by atoms with Crippen LogP contribution in [-0.2, 0) is 6.42 Å². The second-order valence-electron chi connectivity index (χ2n) is 5.21. The number of hydrogen-bond acceptors (Lipinski definition) is 6. The summed E-state index contributed by atoms with van der Waals surface area (Å²) in [7, 11) is 0. The van der Waals surface area contributed by atoms with Gasteiger partial charge in [-0.3, -0.25) is 11.3 Å². The molecule has 3 nitrogen and oxygen atoms in total. The molecule has 1 aromatic heterocycles. The molecule has 1 saturated heterocycles. The van der Waals surface area contributed by atoms with Gasteiger partial charge in [-0.05, 0) is 18.6 Å². The highest BCUT2D eigenvalue weighted by atomic mass is 32.2. The largest absolute Gasteiger partial charge is 0.271 e. The molecule has 3 atom stereocenters. The van der Waals surface area contributed by atoms with E-state index in [9.17, 15) is 0 Å². The summed E-state index contributed by atoms with van der Waals surface area (Å²) in [4.78, 5) is 4.75. The third-order valence-corrected chi connectivity index (χ3v) is 8.30. The summed E-state index contributed by atoms with van der Waals surface area (Å²) < 4.78 is 1.26. The molecule has 1 aliphatic heterocycles. The monoisotopic (exact) mass is 339 g/mol. The molecule has 3 unspecified atom stereocenters. The lowest BCUT2D eigenvalue weighted by atomic mass is 10.1. The van der Waals surface area contributed by atoms with Gasteiger partial charge in [0.05, 0.1) is 15.2 Å². The van der Waals surface area contributed by atoms with Gasteiger partial charge < -0.3 is 0 Å². The number of aromatic nitrogens is 1. The Balaban J connectivity index is 1.76. The van der Waals surface area contributed by atoms with E-state index in [-0.39, 0.29) is 0 Å². The molecular formula is C15H21N3S3. The molecule has 3 rings (SSSR count). The molecule has 21 heavy (non-hydrogen) atoms. The molecule has 3 N–H and O–H groups in total. The Morgan fingerprint density at radius 1 is 1.33 bits per heavy atom. The van der Waals surface area contributed by atoms with Gasteiger partial charge in [-0.15, -0.1) is 11.3 Å². The summed E-state index contributed by atoms with van der Waals surface area (Å²) in [5, 5.41) is 2.45. The Morgan fingerprint density at radius 2 is 2.14 bits per heavy atom. The first kappa shape index (κ1) is 15.6. The minimum atomic E-state index is 0.299. The van der Waals surface area contributed by atoms with Gasteiger partial charge in [0.15, 0.2) is 0 Å². The van der Waals surface area contributed by atoms with Crippen molar-refractivity contribution < 1.29 is 0 Å². The summed E-state index contributed by atoms with van der Waals surface area (Å²) in [6, 6.07) is 8.64. The number of thiazole rings is 1. The number of nitrogens with zero attached hydrogens (tertiary/aromatic N) is 1. The van der Waals surface area contributed by atoms with Crippen LogP contribution in [0.2, 0.25) is 0 Å². The third kappa shape index (κ3) is 3.56. The highest BCUT2D eigenvalue weighted by Crippen LogP contribution is 2.36. The van der Waals surface area contributed by atoms with E-state index in [4.69, 9.17) is 10.8 Å². The molecule has 0 spiro atoms. The highest BCUT2D eigenvalue weighted by molar-refractivity contribution is 8.07. The van der Waals surface area contributed by atoms with Crippen molar-refractivity contribution in [3.63, 3.8) is 0 Å². The molecule has 0 amide bonds. The summed E-state index contributed by atoms with van der Waals surface area (Å²) >= 11 is 5.96. The van der Waals surface area contributed by atoms with E-state index < -0.39 is 0 Å². The van der Waals surface area contributed by atoms with Gasteiger partial charge in [0.25, 0.3) is 0 Å². The molecule has 1 aliphatic rings. The number of rotatable bonds is 5. The van der Waals surface area contributed by atoms with Gasteiger partial charge >= 0.3 is 0 Å². The van der Waals surface area contributed by atoms with Gasteiger partial charge in [-0.1, -0.05) is 19.1 Å². The lowest BCUT2D eigenvalue weighted by Gasteiger charge is -2.35. The van der Waals surface area contributed by atoms with E-state index in [0.717, 1.165) is 11.9 Å². The van der Waals surface area contributed by atoms with Crippen LogP contribution in [0.1, 0.15) is 18.4 Å². The van der Waals surface area contributed by atoms with E-state index in [2.05, 4.69) is 54.1 Å². The molecule has 1 fully saturated rings. The zero-order valence-corrected chi connectivity index (χ0v) is 14.6. The van der Waals surface area contributed by atoms with Crippen LogP contribution in [0, 0.1) is 0 Å². The van der Waals surface area contributed by atoms with E-state index in [0.29, 0.717) is 16.5 Å². The summed E-state index contributed by atoms with van der Waals surface area (Å²) in [6.45, 7) is 2.28. The van der Waals surface area contributed by atoms with Crippen LogP contribution >= 0.6 is 34.9 Å². The predicted molar refractivity (Wildman–Crippen MR) is 97.2 cm³/mol. The Kier molecular flexibility index (Phi) is 5.45. The van der Waals surface area contributed by atoms with Crippen LogP contribution < -0.4 is 11.3 Å². The molecule has 1 aromatic carbocycles. The maximum atomic E-state index is 5.87. The number of hydrogen-bond donors (Lipinski definition) is 2. The molecule has 0 radical (unpaired) electrons. The Labute approximate surface area is 138 Å². The number of para-hydroxylation sites is 1. The van der Waals surface area contributed by atoms with Crippen LogP contribution in [0.25, 0.3) is 10.2 Å². The topological polar surface area (TPSA) is 50.9 Å². The average Bonchev–Trinajstić information content (AvgIpc) is 2.95. The van der Waals surface area contributed by atoms with Crippen molar-refractivity contribution in [2.24, 2.45) is 5.84 Å². The quantitative estimate of drug-likeness (QED) is 0.646. The summed E-state index contributed by atoms with van der Waals surface area (Å²) in [5.74, 6) is 8.35. The van der Waals surface area contributed by atoms with Crippen molar-refractivity contribution in [1.29, 1.82) is 0 Å². The predicted octanol–water partition coefficient (Wildman–Crippen LogP) is 3.30. The fourth-order valence-electron chi connectivity index (χ4n) is 2.78. The molecule has 0 saturated carbocycles. The Hall–Kier alpha value is -0.270. The van der Waals surface area contributed by atoms with Gasteiger partial charge in [-0.25, -0.2) is 4.98 Å². The minimum absolute atomic E-state index is 0.299. The highest BCUT2D eigenvalue weighted by Gasteiger charge is 2.32. The van der Waals surface area contributed by atoms with Crippen molar-refractivity contribution >= 4 is 45.1 Å². The van der Waals surface area contributed by atoms with Crippen LogP contribution in [0.15, 0.2) is 24.3 Å². The zero-order valence-electron chi connectivity index (χ0n) is 12.1. The molecule has 6 heteroatoms. The van der Waals surface area contributed by atoms with Gasteiger partial charge in [-0.2, -0.15) is 23.5 Å². The first-order chi connectivity index (χ1) is 10.3. The van der Waals surface area contributed by atoms with Crippen molar-refractivity contribution in [1.82, 2.24) is 10.4 Å². The number of nitrogens with one attached hydrogen (secondary N) is 1. The van der Waals surface area contributed by atoms with Crippen LogP contribution in [-0.4, -0.2) is 33.0 Å². The SMILES string of the molecule is CCC1SCCSC1C(Cc1nc2ccccc2s1)NN. The normalized spacial score (nSPS) is 24.3. The maximum absolute atomic E-state index is 5.87. The average molecular weight is 340 g/mol. The zero-order chi connectivity index (χ0) is 14.7. The number of benzene rings is 1. The fraction of sp³-hybridized carbons (Fsp3) is 0.533. The number of hydrazine groups is 1. The molecule has 0 aliphatic carbocycles. The van der Waals surface area contributed by atoms with E-state index >= 15 is 0 Å². The number of nitrogens with two attached hydrogens (primary N) is 1. The first-order valence-electron chi connectivity index (χ1n) is 7.35. The van der Waals surface area contributed by atoms with Crippen molar-refractivity contribution in [3.05, 3.63) is 29.3 Å². The second-order valence-corrected chi connectivity index (χ2v) is 8.95. The minimum Gasteiger partial charge on any atom is -0.271 e. The van der Waals surface area contributed by atoms with Crippen LogP contribution in [0.3, 0.4) is 0 Å². The molecule has 114 valence electrons. The summed E-state index contributed by atoms with van der Waals surface area (Å²) in [6.07, 6.45) is 2.13. The van der Waals surface area contributed by atoms with Gasteiger partial charge in [0.1, 0.15) is 0 Å². The van der Waals surface area contributed by atoms with Crippen LogP contribution in [0.5, 0.6) is 0 Å². The van der Waals surface area contributed by atoms with Crippen molar-refractivity contribution in [2.45, 2.75) is 36.3 Å². The lowest BCUT2D eigenvalue weighted by Crippen LogP contribution is -2.49. The van der Waals surface area contributed by atoms with E-state index in [1.54, 1.807) is 11.3 Å². The maximum Gasteiger partial charge on any atom is 0.0955 e. The second kappa shape index (κ2) is 7.33. The van der Waals surface area contributed by atoms with Gasteiger partial charge in [0, 0.05) is 34.5 Å². The molecule has 0 bridgehead atoms. The standard InChI is InChI=1S/C15H21N3S3/c1-2-12-15(20-8-7-19-12)11(18-16)9-14-17-10-5-3-4-6-13(10)21-14/h3-6,11-12,15,18H,2,7-9,16H2,1H3. The number of thioether (sulfide) groups is 2. The van der Waals surface area contributed by atoms with Crippen LogP contribution in [0.4, 0.5) is 0 Å². The van der Waals surface area contributed by atoms with Crippen molar-refractivity contribution in [3.8, 4) is 0 Å². The summed E-state index contributed by atoms with van der Waals surface area (Å²) in [5.41, 5.74) is 4.16. The van der Waals surface area contributed by atoms with E-state index in [1.165, 1.54) is 27.6 Å². The smallest absolute Gasteiger partial charge is 0.0955 e.